The molecule has 9 nitrogen and oxygen atoms in total. The van der Waals surface area contributed by atoms with Crippen molar-refractivity contribution in [3.05, 3.63) is 58.1 Å². The number of nitrogen functional groups attached to an aromatic ring is 1. The first-order valence-electron chi connectivity index (χ1n) is 11.7. The van der Waals surface area contributed by atoms with Gasteiger partial charge in [0.1, 0.15) is 23.3 Å². The van der Waals surface area contributed by atoms with Crippen LogP contribution in [0.4, 0.5) is 5.82 Å². The third-order valence-corrected chi connectivity index (χ3v) is 7.51. The lowest BCUT2D eigenvalue weighted by Crippen LogP contribution is -2.27. The smallest absolute Gasteiger partial charge is 0.226 e. The summed E-state index contributed by atoms with van der Waals surface area (Å²) in [5.41, 5.74) is 10.2. The molecule has 188 valence electrons. The maximum atomic E-state index is 9.69. The summed E-state index contributed by atoms with van der Waals surface area (Å²) in [6.45, 7) is 3.83. The van der Waals surface area contributed by atoms with Gasteiger partial charge in [0.15, 0.2) is 5.79 Å². The molecule has 0 spiro atoms. The predicted molar refractivity (Wildman–Crippen MR) is 137 cm³/mol. The molecule has 3 aromatic heterocycles. The molecule has 0 amide bonds. The molecule has 1 aromatic carbocycles. The molecular weight excluding hydrogens is 503 g/mol. The minimum absolute atomic E-state index is 0.0218. The minimum atomic E-state index is -0.747. The summed E-state index contributed by atoms with van der Waals surface area (Å²) in [4.78, 5) is 8.77. The quantitative estimate of drug-likeness (QED) is 0.375. The van der Waals surface area contributed by atoms with Crippen molar-refractivity contribution < 1.29 is 14.6 Å². The van der Waals surface area contributed by atoms with Crippen LogP contribution in [0.15, 0.2) is 36.7 Å². The van der Waals surface area contributed by atoms with Gasteiger partial charge in [0.25, 0.3) is 0 Å². The molecule has 0 unspecified atom stereocenters. The number of aromatic nitrogens is 5. The van der Waals surface area contributed by atoms with Crippen LogP contribution in [0, 0.1) is 0 Å². The molecule has 6 rings (SSSR count). The van der Waals surface area contributed by atoms with Gasteiger partial charge in [0, 0.05) is 30.9 Å². The second kappa shape index (κ2) is 8.43. The highest BCUT2D eigenvalue weighted by Gasteiger charge is 2.55. The number of hydrogen-bond donors (Lipinski definition) is 2. The van der Waals surface area contributed by atoms with Gasteiger partial charge >= 0.3 is 0 Å². The van der Waals surface area contributed by atoms with E-state index < -0.39 is 5.79 Å². The Morgan fingerprint density at radius 1 is 1.17 bits per heavy atom. The van der Waals surface area contributed by atoms with Crippen LogP contribution < -0.4 is 5.73 Å². The fourth-order valence-corrected chi connectivity index (χ4v) is 6.15. The van der Waals surface area contributed by atoms with Crippen molar-refractivity contribution in [1.29, 1.82) is 0 Å². The SMILES string of the molecule is Cn1cc(Cl)c(-c2cn([C@@H]3C[C@H](c4cccc(CO)c4)[C@H]4OC(C)(C)O[C@H]43)c3nc(Cl)nc(N)c23)n1. The number of aliphatic hydroxyl groups is 1. The van der Waals surface area contributed by atoms with Crippen molar-refractivity contribution >= 4 is 40.1 Å². The molecular formula is C25H26Cl2N6O3. The first-order chi connectivity index (χ1) is 17.1. The number of halogens is 2. The van der Waals surface area contributed by atoms with Crippen LogP contribution in [0.3, 0.4) is 0 Å². The van der Waals surface area contributed by atoms with E-state index in [0.29, 0.717) is 21.7 Å². The van der Waals surface area contributed by atoms with E-state index in [0.717, 1.165) is 23.1 Å². The topological polar surface area (TPSA) is 113 Å². The number of benzene rings is 1. The maximum absolute atomic E-state index is 9.69. The van der Waals surface area contributed by atoms with Gasteiger partial charge in [-0.05, 0) is 43.0 Å². The molecule has 0 bridgehead atoms. The number of fused-ring (bicyclic) bond motifs is 2. The maximum Gasteiger partial charge on any atom is 0.226 e. The van der Waals surface area contributed by atoms with E-state index >= 15 is 0 Å². The number of nitrogens with two attached hydrogens (primary N) is 1. The molecule has 4 aromatic rings. The molecule has 1 aliphatic carbocycles. The molecule has 0 radical (unpaired) electrons. The molecule has 4 atom stereocenters. The predicted octanol–water partition coefficient (Wildman–Crippen LogP) is 4.46. The van der Waals surface area contributed by atoms with Crippen LogP contribution in [0.5, 0.6) is 0 Å². The Morgan fingerprint density at radius 2 is 1.94 bits per heavy atom. The van der Waals surface area contributed by atoms with E-state index in [1.165, 1.54) is 0 Å². The van der Waals surface area contributed by atoms with E-state index in [4.69, 9.17) is 38.4 Å². The second-order valence-corrected chi connectivity index (χ2v) is 10.6. The zero-order valence-electron chi connectivity index (χ0n) is 20.0. The third kappa shape index (κ3) is 3.77. The molecule has 3 N–H and O–H groups in total. The molecule has 1 saturated heterocycles. The number of aliphatic hydroxyl groups excluding tert-OH is 1. The largest absolute Gasteiger partial charge is 0.392 e. The van der Waals surface area contributed by atoms with Crippen molar-refractivity contribution in [3.8, 4) is 11.3 Å². The fraction of sp³-hybridized carbons (Fsp3) is 0.400. The van der Waals surface area contributed by atoms with Gasteiger partial charge in [0.05, 0.1) is 29.2 Å². The van der Waals surface area contributed by atoms with Crippen molar-refractivity contribution in [3.63, 3.8) is 0 Å². The number of rotatable bonds is 4. The third-order valence-electron chi connectivity index (χ3n) is 7.07. The van der Waals surface area contributed by atoms with Crippen LogP contribution in [-0.2, 0) is 23.1 Å². The average molecular weight is 529 g/mol. The van der Waals surface area contributed by atoms with Gasteiger partial charge in [-0.2, -0.15) is 10.1 Å². The Kier molecular flexibility index (Phi) is 5.55. The lowest BCUT2D eigenvalue weighted by molar-refractivity contribution is -0.157. The highest BCUT2D eigenvalue weighted by molar-refractivity contribution is 6.33. The van der Waals surface area contributed by atoms with E-state index in [1.807, 2.05) is 45.3 Å². The normalized spacial score (nSPS) is 25.1. The first-order valence-corrected chi connectivity index (χ1v) is 12.5. The Labute approximate surface area is 217 Å². The van der Waals surface area contributed by atoms with Gasteiger partial charge in [-0.1, -0.05) is 35.9 Å². The summed E-state index contributed by atoms with van der Waals surface area (Å²) in [5.74, 6) is -0.448. The van der Waals surface area contributed by atoms with Gasteiger partial charge in [0.2, 0.25) is 5.28 Å². The van der Waals surface area contributed by atoms with Crippen LogP contribution >= 0.6 is 23.2 Å². The monoisotopic (exact) mass is 528 g/mol. The Hall–Kier alpha value is -2.69. The summed E-state index contributed by atoms with van der Waals surface area (Å²) in [7, 11) is 1.81. The Bertz CT molecular complexity index is 1480. The fourth-order valence-electron chi connectivity index (χ4n) is 5.70. The highest BCUT2D eigenvalue weighted by atomic mass is 35.5. The van der Waals surface area contributed by atoms with Crippen LogP contribution in [-0.4, -0.2) is 47.4 Å². The number of hydrogen-bond acceptors (Lipinski definition) is 7. The summed E-state index contributed by atoms with van der Waals surface area (Å²) >= 11 is 12.8. The molecule has 36 heavy (non-hydrogen) atoms. The van der Waals surface area contributed by atoms with E-state index in [-0.39, 0.29) is 41.9 Å². The second-order valence-electron chi connectivity index (χ2n) is 9.90. The van der Waals surface area contributed by atoms with Crippen molar-refractivity contribution in [2.45, 2.75) is 56.8 Å². The van der Waals surface area contributed by atoms with Crippen molar-refractivity contribution in [2.24, 2.45) is 7.05 Å². The summed E-state index contributed by atoms with van der Waals surface area (Å²) < 4.78 is 16.6. The molecule has 1 aliphatic heterocycles. The van der Waals surface area contributed by atoms with Crippen LogP contribution in [0.25, 0.3) is 22.3 Å². The van der Waals surface area contributed by atoms with Crippen molar-refractivity contribution in [2.75, 3.05) is 5.73 Å². The number of anilines is 1. The molecule has 4 heterocycles. The van der Waals surface area contributed by atoms with Crippen molar-refractivity contribution in [1.82, 2.24) is 24.3 Å². The first kappa shape index (κ1) is 23.7. The van der Waals surface area contributed by atoms with Crippen LogP contribution in [0.1, 0.15) is 43.4 Å². The molecule has 11 heteroatoms. The number of aryl methyl sites for hydroxylation is 1. The van der Waals surface area contributed by atoms with Crippen LogP contribution in [0.2, 0.25) is 10.3 Å². The van der Waals surface area contributed by atoms with E-state index in [2.05, 4.69) is 25.7 Å². The number of nitrogens with zero attached hydrogens (tertiary/aromatic N) is 5. The highest BCUT2D eigenvalue weighted by Crippen LogP contribution is 2.52. The lowest BCUT2D eigenvalue weighted by atomic mass is 9.94. The summed E-state index contributed by atoms with van der Waals surface area (Å²) in [6, 6.07) is 7.84. The Balaban J connectivity index is 1.52. The zero-order chi connectivity index (χ0) is 25.4. The molecule has 2 aliphatic rings. The average Bonchev–Trinajstić information content (AvgIpc) is 3.53. The standard InChI is InChI=1S/C25H26Cl2N6O3/c1-25(2)35-20-14(13-6-4-5-12(7-13)11-34)8-17(21(20)36-25)33-9-15(19-16(26)10-32(3)31-19)18-22(28)29-24(27)30-23(18)33/h4-7,9-10,14,17,20-21,34H,8,11H2,1-3H3,(H2,28,29,30)/t14-,17-,20-,21+/m1/s1. The molecule has 1 saturated carbocycles. The summed E-state index contributed by atoms with van der Waals surface area (Å²) in [5, 5.41) is 15.4. The molecule has 2 fully saturated rings. The van der Waals surface area contributed by atoms with E-state index in [1.54, 1.807) is 10.9 Å². The lowest BCUT2D eigenvalue weighted by Gasteiger charge is -2.25. The number of ether oxygens (including phenoxy) is 2. The zero-order valence-corrected chi connectivity index (χ0v) is 21.5. The van der Waals surface area contributed by atoms with Gasteiger partial charge in [-0.25, -0.2) is 4.98 Å². The summed E-state index contributed by atoms with van der Waals surface area (Å²) in [6.07, 6.45) is 3.98. The van der Waals surface area contributed by atoms with E-state index in [9.17, 15) is 5.11 Å². The Morgan fingerprint density at radius 3 is 2.67 bits per heavy atom. The van der Waals surface area contributed by atoms with Gasteiger partial charge in [-0.15, -0.1) is 0 Å². The van der Waals surface area contributed by atoms with Gasteiger partial charge < -0.3 is 24.9 Å². The van der Waals surface area contributed by atoms with Gasteiger partial charge in [-0.3, -0.25) is 4.68 Å². The minimum Gasteiger partial charge on any atom is -0.392 e.